The van der Waals surface area contributed by atoms with Crippen LogP contribution in [0.2, 0.25) is 0 Å². The fourth-order valence-electron chi connectivity index (χ4n) is 1.85. The molecular weight excluding hydrogens is 178 g/mol. The van der Waals surface area contributed by atoms with E-state index in [-0.39, 0.29) is 6.10 Å². The highest BCUT2D eigenvalue weighted by atomic mass is 16.5. The maximum atomic E-state index is 5.95. The first-order valence-electron chi connectivity index (χ1n) is 5.28. The van der Waals surface area contributed by atoms with Gasteiger partial charge in [-0.1, -0.05) is 13.3 Å². The van der Waals surface area contributed by atoms with Gasteiger partial charge in [-0.2, -0.15) is 0 Å². The minimum absolute atomic E-state index is 0.166. The third kappa shape index (κ3) is 2.16. The molecule has 1 saturated heterocycles. The third-order valence-corrected chi connectivity index (χ3v) is 2.58. The zero-order valence-electron chi connectivity index (χ0n) is 8.53. The van der Waals surface area contributed by atoms with Crippen LogP contribution in [-0.2, 0) is 4.74 Å². The molecule has 0 bridgehead atoms. The Morgan fingerprint density at radius 1 is 1.50 bits per heavy atom. The fourth-order valence-corrected chi connectivity index (χ4v) is 1.85. The van der Waals surface area contributed by atoms with E-state index in [1.165, 1.54) is 6.42 Å². The molecule has 1 aromatic rings. The smallest absolute Gasteiger partial charge is 0.0984 e. The maximum absolute atomic E-state index is 5.95. The van der Waals surface area contributed by atoms with Crippen LogP contribution < -0.4 is 5.32 Å². The number of morpholine rings is 1. The Hall–Kier alpha value is -0.800. The highest BCUT2D eigenvalue weighted by Gasteiger charge is 2.23. The van der Waals surface area contributed by atoms with Crippen LogP contribution in [0.3, 0.4) is 0 Å². The summed E-state index contributed by atoms with van der Waals surface area (Å²) in [6.07, 6.45) is 6.28. The van der Waals surface area contributed by atoms with Gasteiger partial charge in [-0.15, -0.1) is 0 Å². The summed E-state index contributed by atoms with van der Waals surface area (Å²) in [4.78, 5) is 0. The van der Waals surface area contributed by atoms with Gasteiger partial charge in [0.05, 0.1) is 24.7 Å². The molecule has 0 spiro atoms. The van der Waals surface area contributed by atoms with Crippen molar-refractivity contribution in [1.82, 2.24) is 5.32 Å². The van der Waals surface area contributed by atoms with E-state index in [0.717, 1.165) is 25.1 Å². The first-order valence-corrected chi connectivity index (χ1v) is 5.28. The molecule has 2 heterocycles. The first-order chi connectivity index (χ1) is 6.90. The highest BCUT2D eigenvalue weighted by Crippen LogP contribution is 2.23. The zero-order chi connectivity index (χ0) is 9.80. The Morgan fingerprint density at radius 3 is 3.14 bits per heavy atom. The molecule has 1 N–H and O–H groups in total. The predicted octanol–water partition coefficient (Wildman–Crippen LogP) is 2.11. The largest absolute Gasteiger partial charge is 0.472 e. The summed E-state index contributed by atoms with van der Waals surface area (Å²) < 4.78 is 11.0. The monoisotopic (exact) mass is 195 g/mol. The second-order valence-corrected chi connectivity index (χ2v) is 3.75. The molecule has 0 aliphatic carbocycles. The molecule has 1 aromatic heterocycles. The molecule has 2 atom stereocenters. The lowest BCUT2D eigenvalue weighted by molar-refractivity contribution is -0.0427. The lowest BCUT2D eigenvalue weighted by Gasteiger charge is -2.30. The SMILES string of the molecule is CCCC1CNCC(c2ccoc2)O1. The number of hydrogen-bond donors (Lipinski definition) is 1. The normalized spacial score (nSPS) is 27.8. The third-order valence-electron chi connectivity index (χ3n) is 2.58. The van der Waals surface area contributed by atoms with Crippen LogP contribution in [0.1, 0.15) is 31.4 Å². The van der Waals surface area contributed by atoms with E-state index in [1.54, 1.807) is 12.5 Å². The summed E-state index contributed by atoms with van der Waals surface area (Å²) in [5.74, 6) is 0. The van der Waals surface area contributed by atoms with Crippen LogP contribution in [0.5, 0.6) is 0 Å². The van der Waals surface area contributed by atoms with Gasteiger partial charge >= 0.3 is 0 Å². The molecular formula is C11H17NO2. The van der Waals surface area contributed by atoms with Gasteiger partial charge in [-0.3, -0.25) is 0 Å². The summed E-state index contributed by atoms with van der Waals surface area (Å²) in [7, 11) is 0. The summed E-state index contributed by atoms with van der Waals surface area (Å²) >= 11 is 0. The summed E-state index contributed by atoms with van der Waals surface area (Å²) in [6, 6.07) is 1.97. The van der Waals surface area contributed by atoms with Crippen molar-refractivity contribution in [2.24, 2.45) is 0 Å². The van der Waals surface area contributed by atoms with E-state index in [0.29, 0.717) is 6.10 Å². The Labute approximate surface area is 84.4 Å². The molecule has 0 radical (unpaired) electrons. The topological polar surface area (TPSA) is 34.4 Å². The molecule has 2 unspecified atom stereocenters. The van der Waals surface area contributed by atoms with Gasteiger partial charge in [0.2, 0.25) is 0 Å². The maximum Gasteiger partial charge on any atom is 0.0984 e. The molecule has 0 saturated carbocycles. The van der Waals surface area contributed by atoms with Crippen molar-refractivity contribution in [1.29, 1.82) is 0 Å². The molecule has 78 valence electrons. The average molecular weight is 195 g/mol. The van der Waals surface area contributed by atoms with Crippen molar-refractivity contribution >= 4 is 0 Å². The highest BCUT2D eigenvalue weighted by molar-refractivity contribution is 5.10. The summed E-state index contributed by atoms with van der Waals surface area (Å²) in [5, 5.41) is 3.39. The number of hydrogen-bond acceptors (Lipinski definition) is 3. The molecule has 14 heavy (non-hydrogen) atoms. The Morgan fingerprint density at radius 2 is 2.43 bits per heavy atom. The van der Waals surface area contributed by atoms with Gasteiger partial charge in [0, 0.05) is 18.7 Å². The van der Waals surface area contributed by atoms with Crippen molar-refractivity contribution in [3.63, 3.8) is 0 Å². The van der Waals surface area contributed by atoms with Crippen molar-refractivity contribution < 1.29 is 9.15 Å². The van der Waals surface area contributed by atoms with Crippen molar-refractivity contribution in [2.75, 3.05) is 13.1 Å². The summed E-state index contributed by atoms with van der Waals surface area (Å²) in [6.45, 7) is 4.05. The lowest BCUT2D eigenvalue weighted by atomic mass is 10.1. The van der Waals surface area contributed by atoms with Crippen molar-refractivity contribution in [2.45, 2.75) is 32.0 Å². The van der Waals surface area contributed by atoms with Gasteiger partial charge in [0.15, 0.2) is 0 Å². The lowest BCUT2D eigenvalue weighted by Crippen LogP contribution is -2.40. The fraction of sp³-hybridized carbons (Fsp3) is 0.636. The van der Waals surface area contributed by atoms with Gasteiger partial charge in [0.1, 0.15) is 0 Å². The molecule has 1 aliphatic rings. The minimum Gasteiger partial charge on any atom is -0.472 e. The van der Waals surface area contributed by atoms with E-state index < -0.39 is 0 Å². The van der Waals surface area contributed by atoms with E-state index >= 15 is 0 Å². The van der Waals surface area contributed by atoms with E-state index in [4.69, 9.17) is 9.15 Å². The molecule has 3 heteroatoms. The Balaban J connectivity index is 1.94. The summed E-state index contributed by atoms with van der Waals surface area (Å²) in [5.41, 5.74) is 1.14. The van der Waals surface area contributed by atoms with Crippen LogP contribution >= 0.6 is 0 Å². The number of nitrogens with one attached hydrogen (secondary N) is 1. The van der Waals surface area contributed by atoms with Crippen LogP contribution in [0, 0.1) is 0 Å². The van der Waals surface area contributed by atoms with Crippen LogP contribution in [0.25, 0.3) is 0 Å². The zero-order valence-corrected chi connectivity index (χ0v) is 8.53. The molecule has 1 fully saturated rings. The van der Waals surface area contributed by atoms with Crippen molar-refractivity contribution in [3.8, 4) is 0 Å². The number of rotatable bonds is 3. The van der Waals surface area contributed by atoms with Gasteiger partial charge in [0.25, 0.3) is 0 Å². The van der Waals surface area contributed by atoms with Gasteiger partial charge < -0.3 is 14.5 Å². The quantitative estimate of drug-likeness (QED) is 0.802. The van der Waals surface area contributed by atoms with Gasteiger partial charge in [-0.05, 0) is 12.5 Å². The molecule has 0 aromatic carbocycles. The van der Waals surface area contributed by atoms with E-state index in [2.05, 4.69) is 12.2 Å². The minimum atomic E-state index is 0.166. The standard InChI is InChI=1S/C11H17NO2/c1-2-3-10-6-12-7-11(14-10)9-4-5-13-8-9/h4-5,8,10-12H,2-3,6-7H2,1H3. The molecule has 1 aliphatic heterocycles. The van der Waals surface area contributed by atoms with Crippen LogP contribution in [0.15, 0.2) is 23.0 Å². The van der Waals surface area contributed by atoms with Crippen LogP contribution in [0.4, 0.5) is 0 Å². The van der Waals surface area contributed by atoms with Gasteiger partial charge in [-0.25, -0.2) is 0 Å². The van der Waals surface area contributed by atoms with Crippen molar-refractivity contribution in [3.05, 3.63) is 24.2 Å². The molecule has 2 rings (SSSR count). The average Bonchev–Trinajstić information content (AvgIpc) is 2.71. The molecule has 0 amide bonds. The van der Waals surface area contributed by atoms with E-state index in [9.17, 15) is 0 Å². The first kappa shape index (κ1) is 9.74. The van der Waals surface area contributed by atoms with E-state index in [1.807, 2.05) is 6.07 Å². The Kier molecular flexibility index (Phi) is 3.22. The molecule has 3 nitrogen and oxygen atoms in total. The Bertz CT molecular complexity index is 256. The number of ether oxygens (including phenoxy) is 1. The van der Waals surface area contributed by atoms with Crippen LogP contribution in [-0.4, -0.2) is 19.2 Å². The predicted molar refractivity (Wildman–Crippen MR) is 54.1 cm³/mol. The number of furan rings is 1. The second-order valence-electron chi connectivity index (χ2n) is 3.75. The second kappa shape index (κ2) is 4.62.